The van der Waals surface area contributed by atoms with E-state index in [0.717, 1.165) is 28.8 Å². The van der Waals surface area contributed by atoms with Crippen molar-refractivity contribution in [1.29, 1.82) is 0 Å². The van der Waals surface area contributed by atoms with Gasteiger partial charge in [0.1, 0.15) is 6.33 Å². The molecule has 7 heteroatoms. The molecule has 7 nitrogen and oxygen atoms in total. The van der Waals surface area contributed by atoms with Crippen LogP contribution in [-0.2, 0) is 6.42 Å². The Morgan fingerprint density at radius 1 is 1.19 bits per heavy atom. The standard InChI is InChI=1S/C19H19N7/c1-2-14-8-9-16-10-17(15-6-4-3-5-7-15)18(25(16)12-14)11-21-23-19-24-22-13-26(19)20/h3-13H,2,20H2,1H3,(H,23,24)/b21-11+. The van der Waals surface area contributed by atoms with Gasteiger partial charge in [0.05, 0.1) is 11.9 Å². The third-order valence-electron chi connectivity index (χ3n) is 4.29. The van der Waals surface area contributed by atoms with Crippen LogP contribution < -0.4 is 11.3 Å². The van der Waals surface area contributed by atoms with Crippen molar-refractivity contribution in [2.75, 3.05) is 11.3 Å². The maximum atomic E-state index is 5.70. The minimum Gasteiger partial charge on any atom is -0.335 e. The number of anilines is 1. The number of nitrogens with one attached hydrogen (secondary N) is 1. The van der Waals surface area contributed by atoms with E-state index in [4.69, 9.17) is 5.84 Å². The molecule has 0 radical (unpaired) electrons. The van der Waals surface area contributed by atoms with Gasteiger partial charge < -0.3 is 10.2 Å². The number of hydrogen-bond donors (Lipinski definition) is 2. The van der Waals surface area contributed by atoms with Gasteiger partial charge in [-0.15, -0.1) is 10.2 Å². The van der Waals surface area contributed by atoms with E-state index < -0.39 is 0 Å². The molecule has 0 aliphatic rings. The number of aromatic nitrogens is 4. The predicted molar refractivity (Wildman–Crippen MR) is 104 cm³/mol. The first kappa shape index (κ1) is 15.9. The third kappa shape index (κ3) is 2.90. The smallest absolute Gasteiger partial charge is 0.263 e. The molecule has 0 bridgehead atoms. The van der Waals surface area contributed by atoms with Crippen molar-refractivity contribution in [3.05, 3.63) is 72.3 Å². The molecule has 0 amide bonds. The van der Waals surface area contributed by atoms with E-state index in [1.807, 2.05) is 18.2 Å². The molecule has 130 valence electrons. The van der Waals surface area contributed by atoms with Crippen molar-refractivity contribution >= 4 is 17.7 Å². The number of rotatable bonds is 5. The zero-order valence-electron chi connectivity index (χ0n) is 14.4. The predicted octanol–water partition coefficient (Wildman–Crippen LogP) is 2.92. The van der Waals surface area contributed by atoms with Crippen molar-refractivity contribution in [1.82, 2.24) is 19.3 Å². The molecule has 0 aliphatic carbocycles. The van der Waals surface area contributed by atoms with Gasteiger partial charge in [-0.2, -0.15) is 5.10 Å². The summed E-state index contributed by atoms with van der Waals surface area (Å²) in [5.41, 5.74) is 8.43. The minimum atomic E-state index is 0.373. The first-order valence-electron chi connectivity index (χ1n) is 8.40. The largest absolute Gasteiger partial charge is 0.335 e. The second-order valence-corrected chi connectivity index (χ2v) is 5.93. The summed E-state index contributed by atoms with van der Waals surface area (Å²) in [6, 6.07) is 16.7. The Bertz CT molecular complexity index is 1060. The van der Waals surface area contributed by atoms with Crippen molar-refractivity contribution < 1.29 is 0 Å². The number of nitrogens with zero attached hydrogens (tertiary/aromatic N) is 5. The van der Waals surface area contributed by atoms with Crippen LogP contribution in [-0.4, -0.2) is 25.5 Å². The lowest BCUT2D eigenvalue weighted by atomic mass is 10.1. The Balaban J connectivity index is 1.80. The number of fused-ring (bicyclic) bond motifs is 1. The van der Waals surface area contributed by atoms with Gasteiger partial charge >= 0.3 is 0 Å². The van der Waals surface area contributed by atoms with E-state index in [1.54, 1.807) is 6.21 Å². The molecule has 3 N–H and O–H groups in total. The minimum absolute atomic E-state index is 0.373. The lowest BCUT2D eigenvalue weighted by Gasteiger charge is -2.04. The average Bonchev–Trinajstić information content (AvgIpc) is 3.26. The van der Waals surface area contributed by atoms with E-state index in [0.29, 0.717) is 5.95 Å². The average molecular weight is 345 g/mol. The molecule has 0 spiro atoms. The number of pyridine rings is 1. The van der Waals surface area contributed by atoms with Crippen LogP contribution in [0.4, 0.5) is 5.95 Å². The molecule has 0 atom stereocenters. The zero-order chi connectivity index (χ0) is 17.9. The van der Waals surface area contributed by atoms with Crippen molar-refractivity contribution in [2.45, 2.75) is 13.3 Å². The molecule has 4 rings (SSSR count). The van der Waals surface area contributed by atoms with E-state index in [9.17, 15) is 0 Å². The summed E-state index contributed by atoms with van der Waals surface area (Å²) in [7, 11) is 0. The summed E-state index contributed by atoms with van der Waals surface area (Å²) >= 11 is 0. The molecule has 26 heavy (non-hydrogen) atoms. The molecule has 4 aromatic rings. The van der Waals surface area contributed by atoms with E-state index in [2.05, 4.69) is 68.6 Å². The molecule has 0 fully saturated rings. The highest BCUT2D eigenvalue weighted by Gasteiger charge is 2.11. The number of hydrogen-bond acceptors (Lipinski definition) is 5. The first-order valence-corrected chi connectivity index (χ1v) is 8.40. The van der Waals surface area contributed by atoms with Gasteiger partial charge in [-0.05, 0) is 29.7 Å². The highest BCUT2D eigenvalue weighted by molar-refractivity contribution is 5.92. The lowest BCUT2D eigenvalue weighted by Crippen LogP contribution is -2.10. The Labute approximate surface area is 150 Å². The lowest BCUT2D eigenvalue weighted by molar-refractivity contribution is 0.988. The Morgan fingerprint density at radius 2 is 2.04 bits per heavy atom. The summed E-state index contributed by atoms with van der Waals surface area (Å²) < 4.78 is 3.43. The zero-order valence-corrected chi connectivity index (χ0v) is 14.4. The quantitative estimate of drug-likeness (QED) is 0.331. The number of benzene rings is 1. The van der Waals surface area contributed by atoms with Gasteiger partial charge in [0.15, 0.2) is 0 Å². The molecule has 0 saturated carbocycles. The monoisotopic (exact) mass is 345 g/mol. The van der Waals surface area contributed by atoms with Gasteiger partial charge in [-0.25, -0.2) is 10.1 Å². The van der Waals surface area contributed by atoms with Crippen LogP contribution in [0.15, 0.2) is 66.2 Å². The SMILES string of the molecule is CCc1ccc2cc(-c3ccccc3)c(/C=N/Nc3nncn3N)n2c1. The van der Waals surface area contributed by atoms with Crippen molar-refractivity contribution in [3.63, 3.8) is 0 Å². The maximum Gasteiger partial charge on any atom is 0.263 e. The normalized spacial score (nSPS) is 11.4. The highest BCUT2D eigenvalue weighted by atomic mass is 15.5. The summed E-state index contributed by atoms with van der Waals surface area (Å²) in [6.07, 6.45) is 6.31. The summed E-state index contributed by atoms with van der Waals surface area (Å²) in [4.78, 5) is 0. The molecular weight excluding hydrogens is 326 g/mol. The third-order valence-corrected chi connectivity index (χ3v) is 4.29. The molecule has 3 aromatic heterocycles. The van der Waals surface area contributed by atoms with Crippen LogP contribution in [0.5, 0.6) is 0 Å². The van der Waals surface area contributed by atoms with Crippen LogP contribution in [0.2, 0.25) is 0 Å². The van der Waals surface area contributed by atoms with Gasteiger partial charge in [0, 0.05) is 17.3 Å². The summed E-state index contributed by atoms with van der Waals surface area (Å²) in [6.45, 7) is 2.15. The van der Waals surface area contributed by atoms with Crippen LogP contribution in [0.1, 0.15) is 18.2 Å². The molecular formula is C19H19N7. The van der Waals surface area contributed by atoms with Gasteiger partial charge in [0.25, 0.3) is 5.95 Å². The second kappa shape index (κ2) is 6.72. The second-order valence-electron chi connectivity index (χ2n) is 5.93. The van der Waals surface area contributed by atoms with E-state index >= 15 is 0 Å². The van der Waals surface area contributed by atoms with Gasteiger partial charge in [0.2, 0.25) is 0 Å². The van der Waals surface area contributed by atoms with Crippen molar-refractivity contribution in [2.24, 2.45) is 5.10 Å². The number of nitrogens with two attached hydrogens (primary N) is 1. The number of nitrogen functional groups attached to an aromatic ring is 1. The van der Waals surface area contributed by atoms with Gasteiger partial charge in [-0.1, -0.05) is 43.3 Å². The number of aryl methyl sites for hydroxylation is 1. The summed E-state index contributed by atoms with van der Waals surface area (Å²) in [5.74, 6) is 6.07. The Kier molecular flexibility index (Phi) is 4.10. The molecule has 0 unspecified atom stereocenters. The highest BCUT2D eigenvalue weighted by Crippen LogP contribution is 2.27. The van der Waals surface area contributed by atoms with Crippen LogP contribution in [0.25, 0.3) is 16.6 Å². The fraction of sp³-hybridized carbons (Fsp3) is 0.105. The number of hydrazone groups is 1. The van der Waals surface area contributed by atoms with E-state index in [-0.39, 0.29) is 0 Å². The van der Waals surface area contributed by atoms with Gasteiger partial charge in [-0.3, -0.25) is 0 Å². The molecule has 0 aliphatic heterocycles. The molecule has 1 aromatic carbocycles. The van der Waals surface area contributed by atoms with Crippen LogP contribution >= 0.6 is 0 Å². The fourth-order valence-corrected chi connectivity index (χ4v) is 2.90. The molecule has 3 heterocycles. The Hall–Kier alpha value is -3.61. The van der Waals surface area contributed by atoms with E-state index in [1.165, 1.54) is 16.6 Å². The Morgan fingerprint density at radius 3 is 2.77 bits per heavy atom. The van der Waals surface area contributed by atoms with Crippen LogP contribution in [0.3, 0.4) is 0 Å². The topological polar surface area (TPSA) is 85.5 Å². The fourth-order valence-electron chi connectivity index (χ4n) is 2.90. The molecule has 0 saturated heterocycles. The first-order chi connectivity index (χ1) is 12.8. The van der Waals surface area contributed by atoms with Crippen LogP contribution in [0, 0.1) is 0 Å². The maximum absolute atomic E-state index is 5.70. The van der Waals surface area contributed by atoms with Crippen molar-refractivity contribution in [3.8, 4) is 11.1 Å². The summed E-state index contributed by atoms with van der Waals surface area (Å²) in [5, 5.41) is 11.9.